The second-order valence-corrected chi connectivity index (χ2v) is 3.91. The van der Waals surface area contributed by atoms with Crippen LogP contribution in [0.3, 0.4) is 0 Å². The molecule has 3 N–H and O–H groups in total. The monoisotopic (exact) mass is 212 g/mol. The van der Waals surface area contributed by atoms with Crippen LogP contribution in [0.15, 0.2) is 6.20 Å². The maximum absolute atomic E-state index is 5.53. The van der Waals surface area contributed by atoms with E-state index >= 15 is 0 Å². The number of aromatic nitrogens is 2. The Morgan fingerprint density at radius 2 is 2.27 bits per heavy atom. The molecule has 86 valence electrons. The van der Waals surface area contributed by atoms with Crippen molar-refractivity contribution in [2.24, 2.45) is 12.9 Å². The summed E-state index contributed by atoms with van der Waals surface area (Å²) in [6, 6.07) is 0.00102. The van der Waals surface area contributed by atoms with E-state index in [9.17, 15) is 0 Å². The quantitative estimate of drug-likeness (QED) is 0.556. The van der Waals surface area contributed by atoms with Crippen LogP contribution in [0, 0.1) is 6.92 Å². The zero-order chi connectivity index (χ0) is 11.4. The molecule has 0 aliphatic carbocycles. The molecule has 1 unspecified atom stereocenters. The number of hydrogen-bond acceptors (Lipinski definition) is 4. The third-order valence-corrected chi connectivity index (χ3v) is 2.45. The van der Waals surface area contributed by atoms with Crippen molar-refractivity contribution in [2.75, 3.05) is 6.61 Å². The van der Waals surface area contributed by atoms with Crippen LogP contribution in [-0.2, 0) is 11.8 Å². The second kappa shape index (κ2) is 5.25. The summed E-state index contributed by atoms with van der Waals surface area (Å²) in [6.07, 6.45) is 2.03. The molecule has 0 aliphatic rings. The number of nitrogens with two attached hydrogens (primary N) is 1. The van der Waals surface area contributed by atoms with Gasteiger partial charge in [0.25, 0.3) is 0 Å². The first kappa shape index (κ1) is 12.2. The molecule has 0 spiro atoms. The molecule has 0 saturated carbocycles. The smallest absolute Gasteiger partial charge is 0.0727 e. The van der Waals surface area contributed by atoms with Gasteiger partial charge in [-0.3, -0.25) is 16.0 Å². The van der Waals surface area contributed by atoms with E-state index in [2.05, 4.69) is 10.5 Å². The molecule has 0 amide bonds. The van der Waals surface area contributed by atoms with Crippen molar-refractivity contribution in [1.82, 2.24) is 15.2 Å². The van der Waals surface area contributed by atoms with Gasteiger partial charge in [-0.05, 0) is 20.8 Å². The third kappa shape index (κ3) is 3.02. The SMILES string of the molecule is Cc1c(C(COC(C)C)NN)cnn1C. The predicted octanol–water partition coefficient (Wildman–Crippen LogP) is 0.658. The van der Waals surface area contributed by atoms with E-state index in [-0.39, 0.29) is 12.1 Å². The van der Waals surface area contributed by atoms with Crippen LogP contribution in [0.2, 0.25) is 0 Å². The third-order valence-electron chi connectivity index (χ3n) is 2.45. The first-order valence-corrected chi connectivity index (χ1v) is 5.12. The van der Waals surface area contributed by atoms with Gasteiger partial charge in [0.2, 0.25) is 0 Å². The Morgan fingerprint density at radius 3 is 2.67 bits per heavy atom. The molecule has 1 rings (SSSR count). The highest BCUT2D eigenvalue weighted by atomic mass is 16.5. The van der Waals surface area contributed by atoms with Crippen molar-refractivity contribution < 1.29 is 4.74 Å². The molecule has 1 aromatic rings. The molecule has 1 aromatic heterocycles. The Bertz CT molecular complexity index is 308. The minimum absolute atomic E-state index is 0.00102. The average Bonchev–Trinajstić information content (AvgIpc) is 2.50. The number of nitrogens with one attached hydrogen (secondary N) is 1. The Labute approximate surface area is 90.6 Å². The Balaban J connectivity index is 2.70. The molecular weight excluding hydrogens is 192 g/mol. The van der Waals surface area contributed by atoms with Crippen LogP contribution in [0.25, 0.3) is 0 Å². The summed E-state index contributed by atoms with van der Waals surface area (Å²) in [5.74, 6) is 5.50. The van der Waals surface area contributed by atoms with Crippen LogP contribution in [0.5, 0.6) is 0 Å². The van der Waals surface area contributed by atoms with Gasteiger partial charge in [0.05, 0.1) is 24.9 Å². The predicted molar refractivity (Wildman–Crippen MR) is 59.1 cm³/mol. The van der Waals surface area contributed by atoms with E-state index in [0.29, 0.717) is 6.61 Å². The van der Waals surface area contributed by atoms with Crippen molar-refractivity contribution in [1.29, 1.82) is 0 Å². The summed E-state index contributed by atoms with van der Waals surface area (Å²) in [5.41, 5.74) is 4.94. The molecular formula is C10H20N4O. The fourth-order valence-corrected chi connectivity index (χ4v) is 1.37. The maximum Gasteiger partial charge on any atom is 0.0727 e. The molecule has 1 heterocycles. The average molecular weight is 212 g/mol. The van der Waals surface area contributed by atoms with Crippen molar-refractivity contribution in [2.45, 2.75) is 32.9 Å². The fraction of sp³-hybridized carbons (Fsp3) is 0.700. The largest absolute Gasteiger partial charge is 0.377 e. The van der Waals surface area contributed by atoms with Gasteiger partial charge in [0.1, 0.15) is 0 Å². The number of nitrogens with zero attached hydrogens (tertiary/aromatic N) is 2. The molecule has 0 aliphatic heterocycles. The molecule has 0 fully saturated rings. The number of aryl methyl sites for hydroxylation is 1. The zero-order valence-corrected chi connectivity index (χ0v) is 9.82. The van der Waals surface area contributed by atoms with E-state index < -0.39 is 0 Å². The standard InChI is InChI=1S/C10H20N4O/c1-7(2)15-6-10(13-11)9-5-12-14(4)8(9)3/h5,7,10,13H,6,11H2,1-4H3. The van der Waals surface area contributed by atoms with Gasteiger partial charge in [-0.1, -0.05) is 0 Å². The Morgan fingerprint density at radius 1 is 1.60 bits per heavy atom. The summed E-state index contributed by atoms with van der Waals surface area (Å²) in [6.45, 7) is 6.58. The fourth-order valence-electron chi connectivity index (χ4n) is 1.37. The Kier molecular flexibility index (Phi) is 4.26. The van der Waals surface area contributed by atoms with E-state index in [1.54, 1.807) is 0 Å². The number of rotatable bonds is 5. The van der Waals surface area contributed by atoms with Gasteiger partial charge in [-0.25, -0.2) is 0 Å². The highest BCUT2D eigenvalue weighted by molar-refractivity contribution is 5.20. The van der Waals surface area contributed by atoms with Gasteiger partial charge in [-0.15, -0.1) is 0 Å². The van der Waals surface area contributed by atoms with Gasteiger partial charge >= 0.3 is 0 Å². The van der Waals surface area contributed by atoms with Crippen molar-refractivity contribution in [3.63, 3.8) is 0 Å². The summed E-state index contributed by atoms with van der Waals surface area (Å²) in [7, 11) is 1.91. The second-order valence-electron chi connectivity index (χ2n) is 3.91. The molecule has 0 radical (unpaired) electrons. The van der Waals surface area contributed by atoms with Crippen LogP contribution < -0.4 is 11.3 Å². The summed E-state index contributed by atoms with van der Waals surface area (Å²) in [4.78, 5) is 0. The van der Waals surface area contributed by atoms with Crippen LogP contribution >= 0.6 is 0 Å². The van der Waals surface area contributed by atoms with E-state index in [1.807, 2.05) is 38.7 Å². The summed E-state index contributed by atoms with van der Waals surface area (Å²) in [5, 5.41) is 4.18. The lowest BCUT2D eigenvalue weighted by atomic mass is 10.1. The van der Waals surface area contributed by atoms with E-state index in [4.69, 9.17) is 10.6 Å². The molecule has 5 heteroatoms. The van der Waals surface area contributed by atoms with Crippen molar-refractivity contribution in [3.8, 4) is 0 Å². The zero-order valence-electron chi connectivity index (χ0n) is 9.82. The highest BCUT2D eigenvalue weighted by Gasteiger charge is 2.15. The van der Waals surface area contributed by atoms with Crippen molar-refractivity contribution >= 4 is 0 Å². The van der Waals surface area contributed by atoms with E-state index in [1.165, 1.54) is 0 Å². The summed E-state index contributed by atoms with van der Waals surface area (Å²) < 4.78 is 7.36. The first-order valence-electron chi connectivity index (χ1n) is 5.12. The number of ether oxygens (including phenoxy) is 1. The number of hydrogen-bond donors (Lipinski definition) is 2. The topological polar surface area (TPSA) is 65.1 Å². The van der Waals surface area contributed by atoms with Gasteiger partial charge in [0, 0.05) is 18.3 Å². The van der Waals surface area contributed by atoms with Gasteiger partial charge in [0.15, 0.2) is 0 Å². The van der Waals surface area contributed by atoms with E-state index in [0.717, 1.165) is 11.3 Å². The maximum atomic E-state index is 5.53. The van der Waals surface area contributed by atoms with Gasteiger partial charge in [-0.2, -0.15) is 5.10 Å². The summed E-state index contributed by atoms with van der Waals surface area (Å²) >= 11 is 0. The molecule has 15 heavy (non-hydrogen) atoms. The van der Waals surface area contributed by atoms with Crippen LogP contribution in [-0.4, -0.2) is 22.5 Å². The minimum Gasteiger partial charge on any atom is -0.377 e. The molecule has 0 aromatic carbocycles. The van der Waals surface area contributed by atoms with Crippen molar-refractivity contribution in [3.05, 3.63) is 17.5 Å². The Hall–Kier alpha value is -0.910. The lowest BCUT2D eigenvalue weighted by molar-refractivity contribution is 0.0610. The number of hydrazine groups is 1. The lowest BCUT2D eigenvalue weighted by Gasteiger charge is -2.17. The molecule has 0 saturated heterocycles. The highest BCUT2D eigenvalue weighted by Crippen LogP contribution is 2.16. The molecule has 5 nitrogen and oxygen atoms in total. The normalized spacial score (nSPS) is 13.5. The minimum atomic E-state index is 0.00102. The molecule has 0 bridgehead atoms. The van der Waals surface area contributed by atoms with Gasteiger partial charge < -0.3 is 4.74 Å². The van der Waals surface area contributed by atoms with Crippen LogP contribution in [0.1, 0.15) is 31.1 Å². The molecule has 1 atom stereocenters. The lowest BCUT2D eigenvalue weighted by Crippen LogP contribution is -2.32. The first-order chi connectivity index (χ1) is 7.06. The van der Waals surface area contributed by atoms with Crippen LogP contribution in [0.4, 0.5) is 0 Å².